The molecule has 0 aromatic carbocycles. The summed E-state index contributed by atoms with van der Waals surface area (Å²) in [6, 6.07) is 3.70. The van der Waals surface area contributed by atoms with Crippen LogP contribution in [0.2, 0.25) is 0 Å². The van der Waals surface area contributed by atoms with E-state index in [4.69, 9.17) is 0 Å². The predicted molar refractivity (Wildman–Crippen MR) is 73.5 cm³/mol. The molecule has 2 heterocycles. The van der Waals surface area contributed by atoms with Gasteiger partial charge >= 0.3 is 0 Å². The number of sulfonamides is 1. The van der Waals surface area contributed by atoms with E-state index in [-0.39, 0.29) is 0 Å². The fraction of sp³-hybridized carbons (Fsp3) is 0.583. The Morgan fingerprint density at radius 2 is 1.89 bits per heavy atom. The van der Waals surface area contributed by atoms with Crippen molar-refractivity contribution in [1.82, 2.24) is 9.29 Å². The summed E-state index contributed by atoms with van der Waals surface area (Å²) < 4.78 is 24.3. The van der Waals surface area contributed by atoms with Gasteiger partial charge in [-0.25, -0.2) is 13.4 Å². The van der Waals surface area contributed by atoms with Gasteiger partial charge < -0.3 is 10.0 Å². The summed E-state index contributed by atoms with van der Waals surface area (Å²) in [5.41, 5.74) is 0.776. The van der Waals surface area contributed by atoms with Gasteiger partial charge in [0, 0.05) is 32.4 Å². The van der Waals surface area contributed by atoms with Crippen molar-refractivity contribution in [3.05, 3.63) is 23.9 Å². The molecule has 1 aromatic rings. The molecule has 7 heteroatoms. The molecule has 0 saturated carbocycles. The minimum absolute atomic E-state index is 0.485. The molecule has 2 rings (SSSR count). The van der Waals surface area contributed by atoms with Crippen molar-refractivity contribution in [2.75, 3.05) is 37.3 Å². The van der Waals surface area contributed by atoms with Gasteiger partial charge in [-0.1, -0.05) is 6.07 Å². The number of aromatic nitrogens is 1. The second-order valence-corrected chi connectivity index (χ2v) is 6.76. The Morgan fingerprint density at radius 1 is 1.26 bits per heavy atom. The summed E-state index contributed by atoms with van der Waals surface area (Å²) in [5, 5.41) is 9.42. The van der Waals surface area contributed by atoms with E-state index in [1.165, 1.54) is 10.6 Å². The first-order chi connectivity index (χ1) is 8.88. The van der Waals surface area contributed by atoms with E-state index >= 15 is 0 Å². The first-order valence-electron chi connectivity index (χ1n) is 6.22. The van der Waals surface area contributed by atoms with Crippen molar-refractivity contribution in [2.24, 2.45) is 0 Å². The van der Waals surface area contributed by atoms with E-state index in [0.717, 1.165) is 11.4 Å². The standard InChI is InChI=1S/C12H19N3O3S/c1-10(16)11-3-4-12(13-9-11)14-5-7-15(8-6-14)19(2,17)18/h3-4,9-10,16H,5-8H2,1-2H3/t10-/m0/s1. The van der Waals surface area contributed by atoms with E-state index in [2.05, 4.69) is 4.98 Å². The summed E-state index contributed by atoms with van der Waals surface area (Å²) in [6.45, 7) is 3.93. The number of aliphatic hydroxyl groups is 1. The van der Waals surface area contributed by atoms with Gasteiger partial charge in [-0.2, -0.15) is 4.31 Å². The lowest BCUT2D eigenvalue weighted by Crippen LogP contribution is -2.48. The number of anilines is 1. The van der Waals surface area contributed by atoms with Crippen LogP contribution in [0.15, 0.2) is 18.3 Å². The zero-order valence-electron chi connectivity index (χ0n) is 11.2. The summed E-state index contributed by atoms with van der Waals surface area (Å²) in [6.07, 6.45) is 2.37. The molecule has 1 aromatic heterocycles. The zero-order valence-corrected chi connectivity index (χ0v) is 12.0. The number of aliphatic hydroxyl groups excluding tert-OH is 1. The number of pyridine rings is 1. The molecule has 0 bridgehead atoms. The van der Waals surface area contributed by atoms with Crippen molar-refractivity contribution < 1.29 is 13.5 Å². The number of rotatable bonds is 3. The van der Waals surface area contributed by atoms with E-state index in [1.54, 1.807) is 13.1 Å². The van der Waals surface area contributed by atoms with Gasteiger partial charge in [-0.05, 0) is 18.6 Å². The number of piperazine rings is 1. The molecule has 1 atom stereocenters. The van der Waals surface area contributed by atoms with Crippen LogP contribution in [0.25, 0.3) is 0 Å². The molecule has 19 heavy (non-hydrogen) atoms. The summed E-state index contributed by atoms with van der Waals surface area (Å²) in [5.74, 6) is 0.817. The highest BCUT2D eigenvalue weighted by molar-refractivity contribution is 7.88. The molecule has 0 radical (unpaired) electrons. The molecule has 1 aliphatic heterocycles. The molecule has 0 unspecified atom stereocenters. The van der Waals surface area contributed by atoms with Crippen LogP contribution in [0.1, 0.15) is 18.6 Å². The zero-order chi connectivity index (χ0) is 14.0. The lowest BCUT2D eigenvalue weighted by atomic mass is 10.2. The van der Waals surface area contributed by atoms with Gasteiger partial charge in [-0.15, -0.1) is 0 Å². The predicted octanol–water partition coefficient (Wildman–Crippen LogP) is 0.216. The van der Waals surface area contributed by atoms with Gasteiger partial charge in [0.25, 0.3) is 0 Å². The molecule has 106 valence electrons. The second kappa shape index (κ2) is 5.44. The molecule has 6 nitrogen and oxygen atoms in total. The maximum Gasteiger partial charge on any atom is 0.211 e. The van der Waals surface area contributed by atoms with Crippen LogP contribution in [-0.2, 0) is 10.0 Å². The topological polar surface area (TPSA) is 73.7 Å². The third-order valence-corrected chi connectivity index (χ3v) is 4.59. The largest absolute Gasteiger partial charge is 0.389 e. The van der Waals surface area contributed by atoms with Crippen LogP contribution < -0.4 is 4.90 Å². The molecule has 0 spiro atoms. The van der Waals surface area contributed by atoms with Crippen LogP contribution in [0.5, 0.6) is 0 Å². The fourth-order valence-corrected chi connectivity index (χ4v) is 2.91. The molecule has 1 N–H and O–H groups in total. The molecule has 1 aliphatic rings. The molecular weight excluding hydrogens is 266 g/mol. The number of hydrogen-bond donors (Lipinski definition) is 1. The lowest BCUT2D eigenvalue weighted by molar-refractivity contribution is 0.199. The third kappa shape index (κ3) is 3.43. The first kappa shape index (κ1) is 14.2. The molecule has 0 aliphatic carbocycles. The van der Waals surface area contributed by atoms with Crippen molar-refractivity contribution in [2.45, 2.75) is 13.0 Å². The molecule has 1 saturated heterocycles. The van der Waals surface area contributed by atoms with Crippen LogP contribution in [0.3, 0.4) is 0 Å². The van der Waals surface area contributed by atoms with Gasteiger partial charge in [0.15, 0.2) is 0 Å². The summed E-state index contributed by atoms with van der Waals surface area (Å²) in [4.78, 5) is 6.36. The van der Waals surface area contributed by atoms with Crippen LogP contribution in [-0.4, -0.2) is 55.2 Å². The van der Waals surface area contributed by atoms with Crippen LogP contribution in [0.4, 0.5) is 5.82 Å². The van der Waals surface area contributed by atoms with Gasteiger partial charge in [0.05, 0.1) is 12.4 Å². The SMILES string of the molecule is C[C@H](O)c1ccc(N2CCN(S(C)(=O)=O)CC2)nc1. The quantitative estimate of drug-likeness (QED) is 0.860. The second-order valence-electron chi connectivity index (χ2n) is 4.77. The molecule has 1 fully saturated rings. The average Bonchev–Trinajstić information content (AvgIpc) is 2.38. The van der Waals surface area contributed by atoms with Crippen molar-refractivity contribution in [3.63, 3.8) is 0 Å². The van der Waals surface area contributed by atoms with E-state index in [1.807, 2.05) is 17.0 Å². The van der Waals surface area contributed by atoms with Gasteiger partial charge in [-0.3, -0.25) is 0 Å². The van der Waals surface area contributed by atoms with E-state index in [0.29, 0.717) is 26.2 Å². The Bertz CT molecular complexity index is 520. The van der Waals surface area contributed by atoms with E-state index in [9.17, 15) is 13.5 Å². The minimum atomic E-state index is -3.10. The van der Waals surface area contributed by atoms with Crippen molar-refractivity contribution >= 4 is 15.8 Å². The summed E-state index contributed by atoms with van der Waals surface area (Å²) in [7, 11) is -3.10. The highest BCUT2D eigenvalue weighted by Gasteiger charge is 2.23. The maximum absolute atomic E-state index is 11.4. The third-order valence-electron chi connectivity index (χ3n) is 3.28. The monoisotopic (exact) mass is 285 g/mol. The Kier molecular flexibility index (Phi) is 4.07. The minimum Gasteiger partial charge on any atom is -0.389 e. The van der Waals surface area contributed by atoms with Crippen molar-refractivity contribution in [1.29, 1.82) is 0 Å². The fourth-order valence-electron chi connectivity index (χ4n) is 2.08. The van der Waals surface area contributed by atoms with Crippen LogP contribution >= 0.6 is 0 Å². The lowest BCUT2D eigenvalue weighted by Gasteiger charge is -2.34. The van der Waals surface area contributed by atoms with Gasteiger partial charge in [0.1, 0.15) is 5.82 Å². The van der Waals surface area contributed by atoms with Crippen LogP contribution in [0, 0.1) is 0 Å². The number of nitrogens with zero attached hydrogens (tertiary/aromatic N) is 3. The molecule has 0 amide bonds. The Hall–Kier alpha value is -1.18. The Morgan fingerprint density at radius 3 is 2.32 bits per heavy atom. The van der Waals surface area contributed by atoms with Crippen molar-refractivity contribution in [3.8, 4) is 0 Å². The number of hydrogen-bond acceptors (Lipinski definition) is 5. The highest BCUT2D eigenvalue weighted by atomic mass is 32.2. The Labute approximate surface area is 113 Å². The first-order valence-corrected chi connectivity index (χ1v) is 8.07. The molecular formula is C12H19N3O3S. The van der Waals surface area contributed by atoms with E-state index < -0.39 is 16.1 Å². The summed E-state index contributed by atoms with van der Waals surface area (Å²) >= 11 is 0. The Balaban J connectivity index is 2.02. The average molecular weight is 285 g/mol. The maximum atomic E-state index is 11.4. The highest BCUT2D eigenvalue weighted by Crippen LogP contribution is 2.17. The normalized spacial score (nSPS) is 19.4. The van der Waals surface area contributed by atoms with Gasteiger partial charge in [0.2, 0.25) is 10.0 Å². The smallest absolute Gasteiger partial charge is 0.211 e.